The lowest BCUT2D eigenvalue weighted by Gasteiger charge is -2.18. The van der Waals surface area contributed by atoms with Crippen molar-refractivity contribution in [3.63, 3.8) is 0 Å². The van der Waals surface area contributed by atoms with Crippen molar-refractivity contribution >= 4 is 17.8 Å². The highest BCUT2D eigenvalue weighted by Gasteiger charge is 2.26. The molecule has 2 rings (SSSR count). The van der Waals surface area contributed by atoms with E-state index >= 15 is 0 Å². The van der Waals surface area contributed by atoms with Gasteiger partial charge in [-0.2, -0.15) is 0 Å². The van der Waals surface area contributed by atoms with Crippen molar-refractivity contribution in [2.75, 3.05) is 13.1 Å². The predicted octanol–water partition coefficient (Wildman–Crippen LogP) is 0.551. The van der Waals surface area contributed by atoms with Crippen molar-refractivity contribution in [2.45, 2.75) is 18.9 Å². The zero-order chi connectivity index (χ0) is 14.5. The van der Waals surface area contributed by atoms with Gasteiger partial charge in [0.2, 0.25) is 11.8 Å². The maximum Gasteiger partial charge on any atom is 0.330 e. The summed E-state index contributed by atoms with van der Waals surface area (Å²) in [7, 11) is 0. The summed E-state index contributed by atoms with van der Waals surface area (Å²) in [5.41, 5.74) is 0.501. The molecule has 1 aromatic carbocycles. The number of carboxylic acids is 1. The molecule has 2 N–H and O–H groups in total. The SMILES string of the molecule is O=C(CN1CCCC1=O)NC(C(=O)O)c1ccccc1. The number of aliphatic carboxylic acids is 1. The molecular formula is C14H16N2O4. The quantitative estimate of drug-likeness (QED) is 0.822. The second-order valence-corrected chi connectivity index (χ2v) is 4.67. The lowest BCUT2D eigenvalue weighted by Crippen LogP contribution is -2.41. The molecule has 1 saturated heterocycles. The van der Waals surface area contributed by atoms with Gasteiger partial charge < -0.3 is 15.3 Å². The lowest BCUT2D eigenvalue weighted by atomic mass is 10.1. The molecule has 106 valence electrons. The Morgan fingerprint density at radius 3 is 2.55 bits per heavy atom. The first-order valence-electron chi connectivity index (χ1n) is 6.43. The minimum absolute atomic E-state index is 0.0632. The Bertz CT molecular complexity index is 515. The Balaban J connectivity index is 2.00. The fourth-order valence-electron chi connectivity index (χ4n) is 2.18. The first kappa shape index (κ1) is 14.0. The van der Waals surface area contributed by atoms with Crippen LogP contribution >= 0.6 is 0 Å². The van der Waals surface area contributed by atoms with Crippen LogP contribution in [0.25, 0.3) is 0 Å². The number of rotatable bonds is 5. The van der Waals surface area contributed by atoms with Crippen LogP contribution in [-0.4, -0.2) is 40.9 Å². The van der Waals surface area contributed by atoms with Gasteiger partial charge in [-0.3, -0.25) is 9.59 Å². The summed E-state index contributed by atoms with van der Waals surface area (Å²) < 4.78 is 0. The van der Waals surface area contributed by atoms with Crippen LogP contribution in [0.2, 0.25) is 0 Å². The molecule has 2 amide bonds. The molecule has 6 nitrogen and oxygen atoms in total. The number of likely N-dealkylation sites (tertiary alicyclic amines) is 1. The van der Waals surface area contributed by atoms with Gasteiger partial charge in [-0.25, -0.2) is 4.79 Å². The predicted molar refractivity (Wildman–Crippen MR) is 70.8 cm³/mol. The van der Waals surface area contributed by atoms with Gasteiger partial charge >= 0.3 is 5.97 Å². The lowest BCUT2D eigenvalue weighted by molar-refractivity contribution is -0.142. The van der Waals surface area contributed by atoms with Crippen molar-refractivity contribution in [1.82, 2.24) is 10.2 Å². The standard InChI is InChI=1S/C14H16N2O4/c17-11(9-16-8-4-7-12(16)18)15-13(14(19)20)10-5-2-1-3-6-10/h1-3,5-6,13H,4,7-9H2,(H,15,17)(H,19,20). The van der Waals surface area contributed by atoms with Gasteiger partial charge in [-0.05, 0) is 12.0 Å². The second kappa shape index (κ2) is 6.18. The Hall–Kier alpha value is -2.37. The molecule has 20 heavy (non-hydrogen) atoms. The summed E-state index contributed by atoms with van der Waals surface area (Å²) in [6, 6.07) is 7.37. The van der Waals surface area contributed by atoms with Crippen LogP contribution < -0.4 is 5.32 Å². The molecule has 1 aromatic rings. The molecule has 1 atom stereocenters. The van der Waals surface area contributed by atoms with E-state index in [0.29, 0.717) is 18.5 Å². The highest BCUT2D eigenvalue weighted by atomic mass is 16.4. The number of hydrogen-bond donors (Lipinski definition) is 2. The average Bonchev–Trinajstić information content (AvgIpc) is 2.82. The third kappa shape index (κ3) is 3.34. The number of carbonyl (C=O) groups is 3. The summed E-state index contributed by atoms with van der Waals surface area (Å²) in [5.74, 6) is -1.65. The molecule has 0 aliphatic carbocycles. The topological polar surface area (TPSA) is 86.7 Å². The monoisotopic (exact) mass is 276 g/mol. The first-order valence-corrected chi connectivity index (χ1v) is 6.43. The number of carbonyl (C=O) groups excluding carboxylic acids is 2. The van der Waals surface area contributed by atoms with Crippen LogP contribution in [-0.2, 0) is 14.4 Å². The molecule has 1 heterocycles. The van der Waals surface area contributed by atoms with Gasteiger partial charge in [0.15, 0.2) is 6.04 Å². The van der Waals surface area contributed by atoms with Crippen LogP contribution in [0.1, 0.15) is 24.4 Å². The molecule has 1 aliphatic heterocycles. The van der Waals surface area contributed by atoms with Crippen LogP contribution in [0.15, 0.2) is 30.3 Å². The normalized spacial score (nSPS) is 16.0. The molecule has 6 heteroatoms. The summed E-state index contributed by atoms with van der Waals surface area (Å²) >= 11 is 0. The minimum atomic E-state index is -1.13. The average molecular weight is 276 g/mol. The second-order valence-electron chi connectivity index (χ2n) is 4.67. The minimum Gasteiger partial charge on any atom is -0.479 e. The maximum absolute atomic E-state index is 11.9. The number of hydrogen-bond acceptors (Lipinski definition) is 3. The Morgan fingerprint density at radius 1 is 1.30 bits per heavy atom. The summed E-state index contributed by atoms with van der Waals surface area (Å²) in [5, 5.41) is 11.6. The molecule has 1 aliphatic rings. The van der Waals surface area contributed by atoms with Crippen molar-refractivity contribution in [1.29, 1.82) is 0 Å². The molecular weight excluding hydrogens is 260 g/mol. The third-order valence-corrected chi connectivity index (χ3v) is 3.19. The summed E-state index contributed by atoms with van der Waals surface area (Å²) in [6.07, 6.45) is 1.20. The number of nitrogens with one attached hydrogen (secondary N) is 1. The van der Waals surface area contributed by atoms with E-state index in [1.165, 1.54) is 4.90 Å². The Labute approximate surface area is 116 Å². The number of carboxylic acid groups (broad SMARTS) is 1. The summed E-state index contributed by atoms with van der Waals surface area (Å²) in [4.78, 5) is 36.0. The van der Waals surface area contributed by atoms with Crippen LogP contribution in [0.5, 0.6) is 0 Å². The van der Waals surface area contributed by atoms with Gasteiger partial charge in [0.25, 0.3) is 0 Å². The van der Waals surface area contributed by atoms with E-state index in [2.05, 4.69) is 5.32 Å². The van der Waals surface area contributed by atoms with E-state index in [4.69, 9.17) is 0 Å². The molecule has 0 aromatic heterocycles. The van der Waals surface area contributed by atoms with Gasteiger partial charge in [0.1, 0.15) is 0 Å². The van der Waals surface area contributed by atoms with E-state index in [1.807, 2.05) is 0 Å². The maximum atomic E-state index is 11.9. The fourth-order valence-corrected chi connectivity index (χ4v) is 2.18. The molecule has 1 unspecified atom stereocenters. The number of amides is 2. The highest BCUT2D eigenvalue weighted by Crippen LogP contribution is 2.13. The first-order chi connectivity index (χ1) is 9.58. The zero-order valence-corrected chi connectivity index (χ0v) is 10.9. The smallest absolute Gasteiger partial charge is 0.330 e. The molecule has 1 fully saturated rings. The van der Waals surface area contributed by atoms with Gasteiger partial charge in [-0.1, -0.05) is 30.3 Å². The van der Waals surface area contributed by atoms with Crippen LogP contribution in [0, 0.1) is 0 Å². The van der Waals surface area contributed by atoms with E-state index in [0.717, 1.165) is 6.42 Å². The Kier molecular flexibility index (Phi) is 4.34. The largest absolute Gasteiger partial charge is 0.479 e. The van der Waals surface area contributed by atoms with Crippen molar-refractivity contribution in [3.05, 3.63) is 35.9 Å². The van der Waals surface area contributed by atoms with Gasteiger partial charge in [0, 0.05) is 13.0 Å². The zero-order valence-electron chi connectivity index (χ0n) is 10.9. The molecule has 0 radical (unpaired) electrons. The van der Waals surface area contributed by atoms with E-state index < -0.39 is 17.9 Å². The van der Waals surface area contributed by atoms with E-state index in [1.54, 1.807) is 30.3 Å². The van der Waals surface area contributed by atoms with Gasteiger partial charge in [-0.15, -0.1) is 0 Å². The van der Waals surface area contributed by atoms with Crippen molar-refractivity contribution in [3.8, 4) is 0 Å². The number of nitrogens with zero attached hydrogens (tertiary/aromatic N) is 1. The summed E-state index contributed by atoms with van der Waals surface area (Å²) in [6.45, 7) is 0.463. The van der Waals surface area contributed by atoms with E-state index in [-0.39, 0.29) is 12.5 Å². The molecule has 0 bridgehead atoms. The van der Waals surface area contributed by atoms with E-state index in [9.17, 15) is 19.5 Å². The molecule has 0 spiro atoms. The van der Waals surface area contributed by atoms with Gasteiger partial charge in [0.05, 0.1) is 6.54 Å². The Morgan fingerprint density at radius 2 is 2.00 bits per heavy atom. The van der Waals surface area contributed by atoms with Crippen LogP contribution in [0.4, 0.5) is 0 Å². The van der Waals surface area contributed by atoms with Crippen molar-refractivity contribution in [2.24, 2.45) is 0 Å². The number of benzene rings is 1. The molecule has 0 saturated carbocycles. The fraction of sp³-hybridized carbons (Fsp3) is 0.357. The van der Waals surface area contributed by atoms with Crippen molar-refractivity contribution < 1.29 is 19.5 Å². The third-order valence-electron chi connectivity index (χ3n) is 3.19. The highest BCUT2D eigenvalue weighted by molar-refractivity contribution is 5.89. The van der Waals surface area contributed by atoms with Crippen LogP contribution in [0.3, 0.4) is 0 Å².